The zero-order valence-electron chi connectivity index (χ0n) is 18.7. The number of hydrogen-bond donors (Lipinski definition) is 1. The summed E-state index contributed by atoms with van der Waals surface area (Å²) in [7, 11) is 1.54. The molecule has 0 bridgehead atoms. The maximum absolute atomic E-state index is 10.5. The molecule has 0 unspecified atom stereocenters. The van der Waals surface area contributed by atoms with Crippen molar-refractivity contribution in [3.05, 3.63) is 23.3 Å². The second-order valence-corrected chi connectivity index (χ2v) is 8.03. The molecule has 0 spiro atoms. The SMILES string of the molecule is CCCCCCCCCc1c(O)ccc(OOC)c1CCCCCCCCC. The minimum absolute atomic E-state index is 0.410. The number of hydrogen-bond acceptors (Lipinski definition) is 3. The van der Waals surface area contributed by atoms with E-state index in [1.807, 2.05) is 6.07 Å². The number of benzene rings is 1. The summed E-state index contributed by atoms with van der Waals surface area (Å²) in [5, 5.41) is 10.5. The third-order valence-electron chi connectivity index (χ3n) is 5.60. The number of rotatable bonds is 18. The predicted molar refractivity (Wildman–Crippen MR) is 119 cm³/mol. The number of unbranched alkanes of at least 4 members (excludes halogenated alkanes) is 12. The molecule has 0 saturated carbocycles. The Morgan fingerprint density at radius 1 is 0.643 bits per heavy atom. The molecule has 0 aliphatic heterocycles. The molecule has 1 rings (SSSR count). The van der Waals surface area contributed by atoms with Gasteiger partial charge < -0.3 is 9.99 Å². The van der Waals surface area contributed by atoms with E-state index in [0.29, 0.717) is 5.75 Å². The summed E-state index contributed by atoms with van der Waals surface area (Å²) in [6.07, 6.45) is 19.8. The van der Waals surface area contributed by atoms with Crippen LogP contribution in [0.3, 0.4) is 0 Å². The van der Waals surface area contributed by atoms with Crippen molar-refractivity contribution in [1.29, 1.82) is 0 Å². The average Bonchev–Trinajstić information content (AvgIpc) is 2.70. The first-order chi connectivity index (χ1) is 13.7. The fraction of sp³-hybridized carbons (Fsp3) is 0.760. The van der Waals surface area contributed by atoms with Gasteiger partial charge in [0.25, 0.3) is 0 Å². The van der Waals surface area contributed by atoms with E-state index in [2.05, 4.69) is 13.8 Å². The van der Waals surface area contributed by atoms with Crippen molar-refractivity contribution in [3.8, 4) is 11.5 Å². The van der Waals surface area contributed by atoms with E-state index in [-0.39, 0.29) is 0 Å². The summed E-state index contributed by atoms with van der Waals surface area (Å²) < 4.78 is 0. The van der Waals surface area contributed by atoms with Crippen LogP contribution in [-0.4, -0.2) is 12.2 Å². The molecule has 28 heavy (non-hydrogen) atoms. The molecule has 1 aromatic rings. The molecule has 0 amide bonds. The lowest BCUT2D eigenvalue weighted by Crippen LogP contribution is -2.02. The van der Waals surface area contributed by atoms with Crippen LogP contribution in [0.5, 0.6) is 11.5 Å². The Morgan fingerprint density at radius 3 is 1.61 bits per heavy atom. The molecule has 0 fully saturated rings. The van der Waals surface area contributed by atoms with Gasteiger partial charge in [-0.15, -0.1) is 0 Å². The average molecular weight is 393 g/mol. The van der Waals surface area contributed by atoms with E-state index >= 15 is 0 Å². The minimum atomic E-state index is 0.410. The van der Waals surface area contributed by atoms with Gasteiger partial charge in [0.2, 0.25) is 0 Å². The molecule has 3 nitrogen and oxygen atoms in total. The van der Waals surface area contributed by atoms with Gasteiger partial charge in [-0.1, -0.05) is 90.9 Å². The fourth-order valence-corrected chi connectivity index (χ4v) is 3.90. The molecular weight excluding hydrogens is 348 g/mol. The third-order valence-corrected chi connectivity index (χ3v) is 5.60. The summed E-state index contributed by atoms with van der Waals surface area (Å²) in [6.45, 7) is 4.51. The lowest BCUT2D eigenvalue weighted by molar-refractivity contribution is -0.178. The molecular formula is C25H44O3. The Bertz CT molecular complexity index is 499. The molecule has 0 aliphatic rings. The summed E-state index contributed by atoms with van der Waals surface area (Å²) in [5.41, 5.74) is 2.20. The van der Waals surface area contributed by atoms with Gasteiger partial charge in [-0.3, -0.25) is 0 Å². The predicted octanol–water partition coefficient (Wildman–Crippen LogP) is 7.92. The molecule has 3 heteroatoms. The van der Waals surface area contributed by atoms with Crippen molar-refractivity contribution >= 4 is 0 Å². The Labute approximate surface area is 173 Å². The van der Waals surface area contributed by atoms with Gasteiger partial charge in [0, 0.05) is 11.1 Å². The van der Waals surface area contributed by atoms with Crippen LogP contribution in [0.1, 0.15) is 115 Å². The van der Waals surface area contributed by atoms with Crippen LogP contribution >= 0.6 is 0 Å². The molecule has 0 radical (unpaired) electrons. The van der Waals surface area contributed by atoms with E-state index in [0.717, 1.165) is 42.6 Å². The zero-order valence-corrected chi connectivity index (χ0v) is 18.7. The lowest BCUT2D eigenvalue weighted by Gasteiger charge is -2.15. The summed E-state index contributed by atoms with van der Waals surface area (Å²) in [5.74, 6) is 1.18. The minimum Gasteiger partial charge on any atom is -0.508 e. The largest absolute Gasteiger partial charge is 0.508 e. The Balaban J connectivity index is 2.54. The Kier molecular flexibility index (Phi) is 14.8. The molecule has 162 valence electrons. The second-order valence-electron chi connectivity index (χ2n) is 8.03. The van der Waals surface area contributed by atoms with E-state index in [1.165, 1.54) is 77.0 Å². The molecule has 0 aliphatic carbocycles. The first-order valence-electron chi connectivity index (χ1n) is 11.8. The smallest absolute Gasteiger partial charge is 0.169 e. The number of phenolic OH excluding ortho intramolecular Hbond substituents is 1. The van der Waals surface area contributed by atoms with Crippen molar-refractivity contribution in [2.45, 2.75) is 117 Å². The van der Waals surface area contributed by atoms with Crippen LogP contribution in [0.2, 0.25) is 0 Å². The van der Waals surface area contributed by atoms with Crippen LogP contribution in [0.25, 0.3) is 0 Å². The van der Waals surface area contributed by atoms with Gasteiger partial charge in [-0.25, -0.2) is 0 Å². The molecule has 1 aromatic carbocycles. The quantitative estimate of drug-likeness (QED) is 0.157. The van der Waals surface area contributed by atoms with Crippen LogP contribution in [0.4, 0.5) is 0 Å². The highest BCUT2D eigenvalue weighted by Gasteiger charge is 2.15. The summed E-state index contributed by atoms with van der Waals surface area (Å²) >= 11 is 0. The first kappa shape index (κ1) is 24.8. The van der Waals surface area contributed by atoms with Crippen molar-refractivity contribution in [1.82, 2.24) is 0 Å². The van der Waals surface area contributed by atoms with Gasteiger partial charge in [0.15, 0.2) is 5.75 Å². The topological polar surface area (TPSA) is 38.7 Å². The number of phenols is 1. The molecule has 0 saturated heterocycles. The fourth-order valence-electron chi connectivity index (χ4n) is 3.90. The standard InChI is InChI=1S/C25H44O3/c1-4-6-8-10-12-14-16-18-22-23(19-17-15-13-11-9-7-5-2)25(28-27-3)21-20-24(22)26/h20-21,26H,4-19H2,1-3H3. The Morgan fingerprint density at radius 2 is 1.11 bits per heavy atom. The lowest BCUT2D eigenvalue weighted by atomic mass is 9.94. The van der Waals surface area contributed by atoms with Crippen LogP contribution < -0.4 is 4.89 Å². The van der Waals surface area contributed by atoms with Gasteiger partial charge in [-0.05, 0) is 37.8 Å². The van der Waals surface area contributed by atoms with E-state index in [9.17, 15) is 5.11 Å². The highest BCUT2D eigenvalue weighted by molar-refractivity contribution is 5.48. The van der Waals surface area contributed by atoms with Crippen LogP contribution in [0.15, 0.2) is 12.1 Å². The maximum Gasteiger partial charge on any atom is 0.169 e. The third kappa shape index (κ3) is 10.4. The van der Waals surface area contributed by atoms with Crippen molar-refractivity contribution in [2.75, 3.05) is 7.11 Å². The second kappa shape index (κ2) is 16.7. The highest BCUT2D eigenvalue weighted by Crippen LogP contribution is 2.33. The van der Waals surface area contributed by atoms with Gasteiger partial charge in [-0.2, -0.15) is 4.89 Å². The van der Waals surface area contributed by atoms with Crippen molar-refractivity contribution in [2.24, 2.45) is 0 Å². The highest BCUT2D eigenvalue weighted by atomic mass is 17.2. The molecule has 1 N–H and O–H groups in total. The van der Waals surface area contributed by atoms with Crippen LogP contribution in [0, 0.1) is 0 Å². The van der Waals surface area contributed by atoms with Gasteiger partial charge >= 0.3 is 0 Å². The monoisotopic (exact) mass is 392 g/mol. The Hall–Kier alpha value is -1.22. The maximum atomic E-state index is 10.5. The summed E-state index contributed by atoms with van der Waals surface area (Å²) in [4.78, 5) is 10.3. The zero-order chi connectivity index (χ0) is 20.5. The van der Waals surface area contributed by atoms with Gasteiger partial charge in [0.05, 0.1) is 7.11 Å². The molecule has 0 atom stereocenters. The first-order valence-corrected chi connectivity index (χ1v) is 11.8. The van der Waals surface area contributed by atoms with E-state index in [4.69, 9.17) is 9.78 Å². The normalized spacial score (nSPS) is 11.1. The summed E-state index contributed by atoms with van der Waals surface area (Å²) in [6, 6.07) is 3.59. The molecule has 0 heterocycles. The molecule has 0 aromatic heterocycles. The number of aromatic hydroxyl groups is 1. The van der Waals surface area contributed by atoms with Gasteiger partial charge in [0.1, 0.15) is 5.75 Å². The van der Waals surface area contributed by atoms with E-state index in [1.54, 1.807) is 13.2 Å². The van der Waals surface area contributed by atoms with E-state index < -0.39 is 0 Å². The van der Waals surface area contributed by atoms with Crippen LogP contribution in [-0.2, 0) is 17.7 Å². The van der Waals surface area contributed by atoms with Crippen molar-refractivity contribution < 1.29 is 14.9 Å². The van der Waals surface area contributed by atoms with Crippen molar-refractivity contribution in [3.63, 3.8) is 0 Å².